The number of H-pyrrole nitrogens is 1. The van der Waals surface area contributed by atoms with E-state index in [4.69, 9.17) is 10.8 Å². The quantitative estimate of drug-likeness (QED) is 0.723. The third-order valence-corrected chi connectivity index (χ3v) is 1.78. The van der Waals surface area contributed by atoms with Gasteiger partial charge in [0.15, 0.2) is 0 Å². The summed E-state index contributed by atoms with van der Waals surface area (Å²) in [5.41, 5.74) is 2.79. The molecule has 0 fully saturated rings. The topological polar surface area (TPSA) is 105 Å². The largest absolute Gasteiger partial charge is 0.573 e. The van der Waals surface area contributed by atoms with Crippen LogP contribution in [0.1, 0.15) is 15.9 Å². The lowest BCUT2D eigenvalue weighted by Crippen LogP contribution is -2.26. The van der Waals surface area contributed by atoms with Gasteiger partial charge in [0.2, 0.25) is 5.75 Å². The molecule has 0 saturated carbocycles. The van der Waals surface area contributed by atoms with Gasteiger partial charge < -0.3 is 20.6 Å². The number of halogens is 3. The van der Waals surface area contributed by atoms with Gasteiger partial charge in [0.05, 0.1) is 0 Å². The zero-order valence-corrected chi connectivity index (χ0v) is 8.17. The zero-order chi connectivity index (χ0) is 13.2. The number of pyridine rings is 1. The second kappa shape index (κ2) is 4.45. The molecule has 1 heterocycles. The predicted octanol–water partition coefficient (Wildman–Crippen LogP) is 0.430. The van der Waals surface area contributed by atoms with Crippen molar-refractivity contribution in [3.63, 3.8) is 0 Å². The van der Waals surface area contributed by atoms with Crippen molar-refractivity contribution in [3.05, 3.63) is 27.7 Å². The Kier molecular flexibility index (Phi) is 3.42. The third kappa shape index (κ3) is 2.97. The van der Waals surface area contributed by atoms with E-state index in [2.05, 4.69) is 4.74 Å². The Morgan fingerprint density at radius 2 is 2.12 bits per heavy atom. The Morgan fingerprint density at radius 3 is 2.53 bits per heavy atom. The highest BCUT2D eigenvalue weighted by Crippen LogP contribution is 2.24. The Labute approximate surface area is 91.8 Å². The van der Waals surface area contributed by atoms with E-state index in [0.29, 0.717) is 0 Å². The van der Waals surface area contributed by atoms with E-state index in [-0.39, 0.29) is 12.1 Å². The standard InChI is InChI=1S/C8H7F3N2O4/c9-8(10,11)17-5-4(7(15)16)3(1-12)2-13-6(5)14/h2H,1,12H2,(H,13,14)(H,15,16). The van der Waals surface area contributed by atoms with Gasteiger partial charge in [-0.2, -0.15) is 0 Å². The molecule has 0 amide bonds. The van der Waals surface area contributed by atoms with Crippen LogP contribution in [-0.4, -0.2) is 22.4 Å². The molecule has 17 heavy (non-hydrogen) atoms. The molecule has 1 aromatic heterocycles. The first-order chi connectivity index (χ1) is 7.76. The molecule has 9 heteroatoms. The fourth-order valence-corrected chi connectivity index (χ4v) is 1.16. The highest BCUT2D eigenvalue weighted by Gasteiger charge is 2.35. The highest BCUT2D eigenvalue weighted by atomic mass is 19.4. The fourth-order valence-electron chi connectivity index (χ4n) is 1.16. The van der Waals surface area contributed by atoms with Gasteiger partial charge in [-0.05, 0) is 0 Å². The number of alkyl halides is 3. The zero-order valence-electron chi connectivity index (χ0n) is 8.17. The average molecular weight is 252 g/mol. The van der Waals surface area contributed by atoms with Crippen LogP contribution in [-0.2, 0) is 6.54 Å². The van der Waals surface area contributed by atoms with Gasteiger partial charge in [-0.25, -0.2) is 4.79 Å². The van der Waals surface area contributed by atoms with Crippen molar-refractivity contribution in [2.24, 2.45) is 5.73 Å². The Hall–Kier alpha value is -2.03. The maximum atomic E-state index is 12.0. The Balaban J connectivity index is 3.45. The monoisotopic (exact) mass is 252 g/mol. The molecular weight excluding hydrogens is 245 g/mol. The van der Waals surface area contributed by atoms with Gasteiger partial charge in [-0.15, -0.1) is 13.2 Å². The molecule has 4 N–H and O–H groups in total. The van der Waals surface area contributed by atoms with Crippen LogP contribution in [0.3, 0.4) is 0 Å². The molecule has 0 aliphatic rings. The summed E-state index contributed by atoms with van der Waals surface area (Å²) >= 11 is 0. The van der Waals surface area contributed by atoms with Crippen molar-refractivity contribution in [3.8, 4) is 5.75 Å². The maximum Gasteiger partial charge on any atom is 0.573 e. The fraction of sp³-hybridized carbons (Fsp3) is 0.250. The van der Waals surface area contributed by atoms with Gasteiger partial charge >= 0.3 is 12.3 Å². The first-order valence-corrected chi connectivity index (χ1v) is 4.20. The number of nitrogens with two attached hydrogens (primary N) is 1. The van der Waals surface area contributed by atoms with E-state index >= 15 is 0 Å². The summed E-state index contributed by atoms with van der Waals surface area (Å²) < 4.78 is 39.4. The SMILES string of the molecule is NCc1c[nH]c(=O)c(OC(F)(F)F)c1C(=O)O. The summed E-state index contributed by atoms with van der Waals surface area (Å²) in [7, 11) is 0. The molecule has 0 spiro atoms. The lowest BCUT2D eigenvalue weighted by atomic mass is 10.1. The summed E-state index contributed by atoms with van der Waals surface area (Å²) in [6, 6.07) is 0. The number of carbonyl (C=O) groups is 1. The maximum absolute atomic E-state index is 12.0. The summed E-state index contributed by atoms with van der Waals surface area (Å²) in [6.45, 7) is -0.355. The van der Waals surface area contributed by atoms with Gasteiger partial charge in [0.25, 0.3) is 5.56 Å². The molecule has 0 atom stereocenters. The first-order valence-electron chi connectivity index (χ1n) is 4.20. The van der Waals surface area contributed by atoms with E-state index < -0.39 is 29.2 Å². The van der Waals surface area contributed by atoms with Crippen molar-refractivity contribution in [1.29, 1.82) is 0 Å². The molecule has 1 aromatic rings. The van der Waals surface area contributed by atoms with Crippen LogP contribution in [0.5, 0.6) is 5.75 Å². The smallest absolute Gasteiger partial charge is 0.478 e. The van der Waals surface area contributed by atoms with Gasteiger partial charge in [0.1, 0.15) is 5.56 Å². The molecular formula is C8H7F3N2O4. The number of ether oxygens (including phenoxy) is 1. The molecule has 0 aliphatic carbocycles. The number of rotatable bonds is 3. The first kappa shape index (κ1) is 13.0. The van der Waals surface area contributed by atoms with Gasteiger partial charge in [-0.3, -0.25) is 4.79 Å². The highest BCUT2D eigenvalue weighted by molar-refractivity contribution is 5.92. The Morgan fingerprint density at radius 1 is 1.53 bits per heavy atom. The van der Waals surface area contributed by atoms with Crippen LogP contribution in [0, 0.1) is 0 Å². The van der Waals surface area contributed by atoms with Crippen molar-refractivity contribution in [1.82, 2.24) is 4.98 Å². The van der Waals surface area contributed by atoms with Crippen molar-refractivity contribution < 1.29 is 27.8 Å². The minimum absolute atomic E-state index is 0.170. The molecule has 0 unspecified atom stereocenters. The summed E-state index contributed by atoms with van der Waals surface area (Å²) in [6.07, 6.45) is -4.24. The molecule has 6 nitrogen and oxygen atoms in total. The third-order valence-electron chi connectivity index (χ3n) is 1.78. The summed E-state index contributed by atoms with van der Waals surface area (Å²) in [4.78, 5) is 23.8. The molecule has 0 bridgehead atoms. The van der Waals surface area contributed by atoms with E-state index in [0.717, 1.165) is 6.20 Å². The summed E-state index contributed by atoms with van der Waals surface area (Å²) in [5.74, 6) is -3.05. The van der Waals surface area contributed by atoms with E-state index in [9.17, 15) is 22.8 Å². The van der Waals surface area contributed by atoms with E-state index in [1.165, 1.54) is 0 Å². The Bertz CT molecular complexity index is 495. The number of carboxylic acids is 1. The van der Waals surface area contributed by atoms with E-state index in [1.807, 2.05) is 4.98 Å². The van der Waals surface area contributed by atoms with E-state index in [1.54, 1.807) is 0 Å². The van der Waals surface area contributed by atoms with Crippen molar-refractivity contribution in [2.75, 3.05) is 0 Å². The number of hydrogen-bond acceptors (Lipinski definition) is 4. The number of hydrogen-bond donors (Lipinski definition) is 3. The minimum atomic E-state index is -5.16. The van der Waals surface area contributed by atoms with Gasteiger partial charge in [0, 0.05) is 18.3 Å². The van der Waals surface area contributed by atoms with Crippen LogP contribution in [0.2, 0.25) is 0 Å². The number of nitrogens with one attached hydrogen (secondary N) is 1. The van der Waals surface area contributed by atoms with Crippen molar-refractivity contribution >= 4 is 5.97 Å². The molecule has 0 aromatic carbocycles. The number of aromatic nitrogens is 1. The van der Waals surface area contributed by atoms with Crippen molar-refractivity contribution in [2.45, 2.75) is 12.9 Å². The number of aromatic amines is 1. The second-order valence-electron chi connectivity index (χ2n) is 2.90. The molecule has 0 radical (unpaired) electrons. The molecule has 0 aliphatic heterocycles. The summed E-state index contributed by atoms with van der Waals surface area (Å²) in [5, 5.41) is 8.74. The molecule has 1 rings (SSSR count). The van der Waals surface area contributed by atoms with Crippen LogP contribution < -0.4 is 16.0 Å². The molecule has 0 saturated heterocycles. The lowest BCUT2D eigenvalue weighted by Gasteiger charge is -2.12. The number of carboxylic acid groups (broad SMARTS) is 1. The lowest BCUT2D eigenvalue weighted by molar-refractivity contribution is -0.275. The number of aromatic carboxylic acids is 1. The van der Waals surface area contributed by atoms with Gasteiger partial charge in [-0.1, -0.05) is 0 Å². The average Bonchev–Trinajstić information content (AvgIpc) is 2.18. The minimum Gasteiger partial charge on any atom is -0.478 e. The normalized spacial score (nSPS) is 11.3. The van der Waals surface area contributed by atoms with Crippen LogP contribution in [0.15, 0.2) is 11.0 Å². The van der Waals surface area contributed by atoms with Crippen LogP contribution >= 0.6 is 0 Å². The molecule has 94 valence electrons. The van der Waals surface area contributed by atoms with Crippen LogP contribution in [0.25, 0.3) is 0 Å². The van der Waals surface area contributed by atoms with Crippen LogP contribution in [0.4, 0.5) is 13.2 Å². The second-order valence-corrected chi connectivity index (χ2v) is 2.90. The predicted molar refractivity (Wildman–Crippen MR) is 48.6 cm³/mol.